The smallest absolute Gasteiger partial charge is 0.253 e. The molecule has 116 valence electrons. The van der Waals surface area contributed by atoms with E-state index in [0.717, 1.165) is 12.8 Å². The Balaban J connectivity index is 1.86. The number of nitrogens with two attached hydrogens (primary N) is 1. The first-order valence-electron chi connectivity index (χ1n) is 7.24. The molecule has 0 aliphatic heterocycles. The molecule has 1 aliphatic rings. The summed E-state index contributed by atoms with van der Waals surface area (Å²) < 4.78 is 0. The number of aromatic nitrogens is 2. The summed E-state index contributed by atoms with van der Waals surface area (Å²) in [5.41, 5.74) is 5.20. The first kappa shape index (κ1) is 15.9. The molecule has 1 heterocycles. The van der Waals surface area contributed by atoms with Crippen LogP contribution in [-0.2, 0) is 4.79 Å². The number of carbonyl (C=O) groups excluding carboxylic acids is 1. The zero-order valence-corrected chi connectivity index (χ0v) is 13.2. The average Bonchev–Trinajstić information content (AvgIpc) is 2.41. The van der Waals surface area contributed by atoms with E-state index in [1.165, 1.54) is 24.2 Å². The van der Waals surface area contributed by atoms with Gasteiger partial charge in [-0.15, -0.1) is 0 Å². The minimum atomic E-state index is -0.305. The zero-order valence-electron chi connectivity index (χ0n) is 12.4. The highest BCUT2D eigenvalue weighted by atomic mass is 32.2. The standard InChI is InChI=1S/C14H22N4O2S/c1-8-4-3-5-10(9(8)2)16-13(20)7-21-14-17-11(15)6-12(19)18-14/h6,8-10H,3-5,7H2,1-2H3,(H,16,20)(H3,15,17,18,19)/t8-,9+,10-/m0/s1. The van der Waals surface area contributed by atoms with Crippen LogP contribution < -0.4 is 16.6 Å². The summed E-state index contributed by atoms with van der Waals surface area (Å²) in [6.45, 7) is 4.43. The first-order chi connectivity index (χ1) is 9.95. The number of H-pyrrole nitrogens is 1. The fourth-order valence-electron chi connectivity index (χ4n) is 2.69. The molecular formula is C14H22N4O2S. The van der Waals surface area contributed by atoms with Crippen LogP contribution in [0.2, 0.25) is 0 Å². The Bertz CT molecular complexity index is 560. The zero-order chi connectivity index (χ0) is 15.4. The Morgan fingerprint density at radius 2 is 2.29 bits per heavy atom. The number of aromatic amines is 1. The van der Waals surface area contributed by atoms with Crippen molar-refractivity contribution >= 4 is 23.5 Å². The van der Waals surface area contributed by atoms with Crippen LogP contribution >= 0.6 is 11.8 Å². The van der Waals surface area contributed by atoms with Gasteiger partial charge in [-0.25, -0.2) is 4.98 Å². The monoisotopic (exact) mass is 310 g/mol. The molecule has 3 atom stereocenters. The van der Waals surface area contributed by atoms with Gasteiger partial charge in [0.15, 0.2) is 5.16 Å². The lowest BCUT2D eigenvalue weighted by atomic mass is 9.78. The normalized spacial score (nSPS) is 25.5. The molecule has 1 amide bonds. The van der Waals surface area contributed by atoms with Gasteiger partial charge < -0.3 is 16.0 Å². The summed E-state index contributed by atoms with van der Waals surface area (Å²) in [5.74, 6) is 1.50. The molecule has 0 spiro atoms. The van der Waals surface area contributed by atoms with Crippen LogP contribution in [0.5, 0.6) is 0 Å². The van der Waals surface area contributed by atoms with Crippen molar-refractivity contribution in [2.24, 2.45) is 11.8 Å². The number of hydrogen-bond acceptors (Lipinski definition) is 5. The maximum Gasteiger partial charge on any atom is 0.253 e. The second-order valence-corrected chi connectivity index (χ2v) is 6.67. The molecule has 7 heteroatoms. The summed E-state index contributed by atoms with van der Waals surface area (Å²) in [7, 11) is 0. The van der Waals surface area contributed by atoms with E-state index in [9.17, 15) is 9.59 Å². The SMILES string of the molecule is C[C@H]1[C@@H](NC(=O)CSc2nc(N)cc(=O)[nH]2)CCC[C@@H]1C. The number of nitrogen functional groups attached to an aromatic ring is 1. The molecule has 0 bridgehead atoms. The molecule has 4 N–H and O–H groups in total. The van der Waals surface area contributed by atoms with E-state index in [-0.39, 0.29) is 29.1 Å². The molecular weight excluding hydrogens is 288 g/mol. The quantitative estimate of drug-likeness (QED) is 0.576. The third kappa shape index (κ3) is 4.49. The predicted molar refractivity (Wildman–Crippen MR) is 84.1 cm³/mol. The van der Waals surface area contributed by atoms with Crippen molar-refractivity contribution < 1.29 is 4.79 Å². The Labute approximate surface area is 128 Å². The van der Waals surface area contributed by atoms with Crippen LogP contribution in [0.3, 0.4) is 0 Å². The van der Waals surface area contributed by atoms with Gasteiger partial charge in [0.2, 0.25) is 5.91 Å². The molecule has 2 rings (SSSR count). The fraction of sp³-hybridized carbons (Fsp3) is 0.643. The summed E-state index contributed by atoms with van der Waals surface area (Å²) in [6, 6.07) is 1.46. The molecule has 0 unspecified atom stereocenters. The van der Waals surface area contributed by atoms with Crippen molar-refractivity contribution in [1.29, 1.82) is 0 Å². The Morgan fingerprint density at radius 3 is 3.00 bits per heavy atom. The van der Waals surface area contributed by atoms with Crippen molar-refractivity contribution in [2.45, 2.75) is 44.3 Å². The summed E-state index contributed by atoms with van der Waals surface area (Å²) in [6.07, 6.45) is 3.43. The molecule has 0 saturated heterocycles. The van der Waals surface area contributed by atoms with Gasteiger partial charge in [0, 0.05) is 12.1 Å². The van der Waals surface area contributed by atoms with Crippen LogP contribution in [0.15, 0.2) is 16.0 Å². The summed E-state index contributed by atoms with van der Waals surface area (Å²) in [5, 5.41) is 3.46. The lowest BCUT2D eigenvalue weighted by Crippen LogP contribution is -2.44. The fourth-order valence-corrected chi connectivity index (χ4v) is 3.38. The lowest BCUT2D eigenvalue weighted by Gasteiger charge is -2.34. The number of carbonyl (C=O) groups is 1. The highest BCUT2D eigenvalue weighted by Crippen LogP contribution is 2.29. The second kappa shape index (κ2) is 6.98. The molecule has 6 nitrogen and oxygen atoms in total. The molecule has 1 aromatic rings. The summed E-state index contributed by atoms with van der Waals surface area (Å²) in [4.78, 5) is 29.8. The van der Waals surface area contributed by atoms with Crippen molar-refractivity contribution in [3.63, 3.8) is 0 Å². The van der Waals surface area contributed by atoms with Crippen LogP contribution in [0.1, 0.15) is 33.1 Å². The van der Waals surface area contributed by atoms with Crippen LogP contribution in [0, 0.1) is 11.8 Å². The van der Waals surface area contributed by atoms with Gasteiger partial charge in [0.1, 0.15) is 5.82 Å². The third-order valence-electron chi connectivity index (χ3n) is 4.13. The van der Waals surface area contributed by atoms with E-state index in [2.05, 4.69) is 29.1 Å². The lowest BCUT2D eigenvalue weighted by molar-refractivity contribution is -0.120. The maximum atomic E-state index is 12.0. The molecule has 1 fully saturated rings. The molecule has 1 aromatic heterocycles. The predicted octanol–water partition coefficient (Wildman–Crippen LogP) is 1.39. The van der Waals surface area contributed by atoms with E-state index in [4.69, 9.17) is 5.73 Å². The van der Waals surface area contributed by atoms with E-state index < -0.39 is 0 Å². The van der Waals surface area contributed by atoms with Gasteiger partial charge in [-0.2, -0.15) is 0 Å². The number of nitrogens with one attached hydrogen (secondary N) is 2. The van der Waals surface area contributed by atoms with Crippen molar-refractivity contribution in [3.8, 4) is 0 Å². The molecule has 0 aromatic carbocycles. The molecule has 1 saturated carbocycles. The van der Waals surface area contributed by atoms with E-state index in [1.54, 1.807) is 0 Å². The van der Waals surface area contributed by atoms with Crippen molar-refractivity contribution in [1.82, 2.24) is 15.3 Å². The Hall–Kier alpha value is -1.50. The van der Waals surface area contributed by atoms with Gasteiger partial charge in [-0.05, 0) is 18.3 Å². The van der Waals surface area contributed by atoms with Crippen molar-refractivity contribution in [2.75, 3.05) is 11.5 Å². The maximum absolute atomic E-state index is 12.0. The number of anilines is 1. The number of amides is 1. The van der Waals surface area contributed by atoms with E-state index >= 15 is 0 Å². The topological polar surface area (TPSA) is 101 Å². The first-order valence-corrected chi connectivity index (χ1v) is 8.23. The van der Waals surface area contributed by atoms with Crippen LogP contribution in [-0.4, -0.2) is 27.7 Å². The van der Waals surface area contributed by atoms with E-state index in [1.807, 2.05) is 0 Å². The number of hydrogen-bond donors (Lipinski definition) is 3. The van der Waals surface area contributed by atoms with Crippen molar-refractivity contribution in [3.05, 3.63) is 16.4 Å². The number of thioether (sulfide) groups is 1. The van der Waals surface area contributed by atoms with Gasteiger partial charge in [-0.3, -0.25) is 9.59 Å². The highest BCUT2D eigenvalue weighted by Gasteiger charge is 2.27. The molecule has 21 heavy (non-hydrogen) atoms. The number of nitrogens with zero attached hydrogens (tertiary/aromatic N) is 1. The van der Waals surface area contributed by atoms with Crippen LogP contribution in [0.4, 0.5) is 5.82 Å². The largest absolute Gasteiger partial charge is 0.383 e. The Kier molecular flexibility index (Phi) is 5.27. The van der Waals surface area contributed by atoms with Gasteiger partial charge in [0.25, 0.3) is 5.56 Å². The minimum Gasteiger partial charge on any atom is -0.383 e. The van der Waals surface area contributed by atoms with E-state index in [0.29, 0.717) is 17.0 Å². The van der Waals surface area contributed by atoms with Gasteiger partial charge in [0.05, 0.1) is 5.75 Å². The van der Waals surface area contributed by atoms with Gasteiger partial charge >= 0.3 is 0 Å². The number of rotatable bonds is 4. The highest BCUT2D eigenvalue weighted by molar-refractivity contribution is 7.99. The average molecular weight is 310 g/mol. The van der Waals surface area contributed by atoms with Gasteiger partial charge in [-0.1, -0.05) is 38.5 Å². The third-order valence-corrected chi connectivity index (χ3v) is 5.01. The summed E-state index contributed by atoms with van der Waals surface area (Å²) >= 11 is 1.19. The molecule has 0 radical (unpaired) electrons. The Morgan fingerprint density at radius 1 is 1.52 bits per heavy atom. The van der Waals surface area contributed by atoms with Crippen LogP contribution in [0.25, 0.3) is 0 Å². The molecule has 1 aliphatic carbocycles. The second-order valence-electron chi connectivity index (χ2n) is 5.71. The minimum absolute atomic E-state index is 0.0315.